The van der Waals surface area contributed by atoms with E-state index in [0.717, 1.165) is 37.7 Å². The average molecular weight is 302 g/mol. The fraction of sp³-hybridized carbons (Fsp3) is 0.611. The third-order valence-electron chi connectivity index (χ3n) is 4.96. The minimum atomic E-state index is 0.0820. The molecule has 120 valence electrons. The second kappa shape index (κ2) is 7.25. The third kappa shape index (κ3) is 3.87. The van der Waals surface area contributed by atoms with E-state index in [-0.39, 0.29) is 12.5 Å². The summed E-state index contributed by atoms with van der Waals surface area (Å²) >= 11 is 0. The SMILES string of the molecule is O=C1CN(Cc2ccc(CO)cc2)CCN1CC1CCCC1. The fourth-order valence-electron chi connectivity index (χ4n) is 3.60. The molecule has 1 amide bonds. The van der Waals surface area contributed by atoms with Crippen LogP contribution in [-0.4, -0.2) is 47.0 Å². The number of carbonyl (C=O) groups excluding carboxylic acids is 1. The molecule has 1 saturated heterocycles. The third-order valence-corrected chi connectivity index (χ3v) is 4.96. The van der Waals surface area contributed by atoms with Crippen molar-refractivity contribution in [3.8, 4) is 0 Å². The van der Waals surface area contributed by atoms with Crippen LogP contribution >= 0.6 is 0 Å². The molecule has 1 aliphatic heterocycles. The van der Waals surface area contributed by atoms with Crippen molar-refractivity contribution in [1.82, 2.24) is 9.80 Å². The van der Waals surface area contributed by atoms with E-state index in [1.807, 2.05) is 24.3 Å². The van der Waals surface area contributed by atoms with Gasteiger partial charge in [-0.2, -0.15) is 0 Å². The van der Waals surface area contributed by atoms with Gasteiger partial charge in [0, 0.05) is 26.2 Å². The first-order valence-electron chi connectivity index (χ1n) is 8.43. The van der Waals surface area contributed by atoms with Crippen LogP contribution in [0.3, 0.4) is 0 Å². The summed E-state index contributed by atoms with van der Waals surface area (Å²) in [6.07, 6.45) is 5.26. The van der Waals surface area contributed by atoms with Gasteiger partial charge < -0.3 is 10.0 Å². The summed E-state index contributed by atoms with van der Waals surface area (Å²) in [6, 6.07) is 7.99. The smallest absolute Gasteiger partial charge is 0.236 e. The summed E-state index contributed by atoms with van der Waals surface area (Å²) in [5, 5.41) is 9.07. The molecule has 4 heteroatoms. The van der Waals surface area contributed by atoms with E-state index in [4.69, 9.17) is 5.11 Å². The maximum atomic E-state index is 12.3. The molecule has 1 saturated carbocycles. The number of aliphatic hydroxyl groups is 1. The van der Waals surface area contributed by atoms with Gasteiger partial charge >= 0.3 is 0 Å². The lowest BCUT2D eigenvalue weighted by atomic mass is 10.1. The van der Waals surface area contributed by atoms with Crippen molar-refractivity contribution in [3.63, 3.8) is 0 Å². The summed E-state index contributed by atoms with van der Waals surface area (Å²) in [7, 11) is 0. The van der Waals surface area contributed by atoms with Gasteiger partial charge in [0.15, 0.2) is 0 Å². The Morgan fingerprint density at radius 3 is 2.36 bits per heavy atom. The van der Waals surface area contributed by atoms with Gasteiger partial charge in [0.25, 0.3) is 0 Å². The maximum absolute atomic E-state index is 12.3. The Morgan fingerprint density at radius 1 is 1.05 bits per heavy atom. The van der Waals surface area contributed by atoms with Crippen molar-refractivity contribution in [2.24, 2.45) is 5.92 Å². The highest BCUT2D eigenvalue weighted by atomic mass is 16.3. The molecule has 0 atom stereocenters. The number of hydrogen-bond donors (Lipinski definition) is 1. The van der Waals surface area contributed by atoms with E-state index < -0.39 is 0 Å². The zero-order valence-corrected chi connectivity index (χ0v) is 13.2. The molecule has 0 bridgehead atoms. The Labute approximate surface area is 132 Å². The lowest BCUT2D eigenvalue weighted by Crippen LogP contribution is -2.51. The minimum Gasteiger partial charge on any atom is -0.392 e. The zero-order chi connectivity index (χ0) is 15.4. The van der Waals surface area contributed by atoms with E-state index in [1.54, 1.807) is 0 Å². The zero-order valence-electron chi connectivity index (χ0n) is 13.2. The Hall–Kier alpha value is -1.39. The maximum Gasteiger partial charge on any atom is 0.236 e. The van der Waals surface area contributed by atoms with Crippen LogP contribution in [0, 0.1) is 5.92 Å². The summed E-state index contributed by atoms with van der Waals surface area (Å²) in [5.74, 6) is 1.02. The first kappa shape index (κ1) is 15.5. The lowest BCUT2D eigenvalue weighted by molar-refractivity contribution is -0.136. The predicted molar refractivity (Wildman–Crippen MR) is 86.2 cm³/mol. The average Bonchev–Trinajstić information content (AvgIpc) is 3.04. The molecule has 1 aromatic carbocycles. The largest absolute Gasteiger partial charge is 0.392 e. The van der Waals surface area contributed by atoms with Crippen LogP contribution in [0.5, 0.6) is 0 Å². The van der Waals surface area contributed by atoms with Crippen LogP contribution in [0.25, 0.3) is 0 Å². The van der Waals surface area contributed by atoms with E-state index in [2.05, 4.69) is 9.80 Å². The van der Waals surface area contributed by atoms with Crippen LogP contribution in [0.1, 0.15) is 36.8 Å². The number of rotatable bonds is 5. The van der Waals surface area contributed by atoms with Crippen LogP contribution in [0.2, 0.25) is 0 Å². The summed E-state index contributed by atoms with van der Waals surface area (Å²) in [4.78, 5) is 16.6. The van der Waals surface area contributed by atoms with E-state index in [0.29, 0.717) is 6.54 Å². The molecule has 1 aliphatic carbocycles. The highest BCUT2D eigenvalue weighted by Gasteiger charge is 2.27. The molecule has 2 aliphatic rings. The van der Waals surface area contributed by atoms with Gasteiger partial charge in [0.1, 0.15) is 0 Å². The van der Waals surface area contributed by atoms with Crippen LogP contribution in [-0.2, 0) is 17.9 Å². The highest BCUT2D eigenvalue weighted by Crippen LogP contribution is 2.26. The Bertz CT molecular complexity index is 494. The molecule has 4 nitrogen and oxygen atoms in total. The van der Waals surface area contributed by atoms with E-state index in [1.165, 1.54) is 31.2 Å². The Kier molecular flexibility index (Phi) is 5.11. The molecule has 0 aromatic heterocycles. The molecule has 0 radical (unpaired) electrons. The number of benzene rings is 1. The molecular formula is C18H26N2O2. The van der Waals surface area contributed by atoms with Gasteiger partial charge in [-0.15, -0.1) is 0 Å². The number of hydrogen-bond acceptors (Lipinski definition) is 3. The fourth-order valence-corrected chi connectivity index (χ4v) is 3.60. The van der Waals surface area contributed by atoms with Gasteiger partial charge in [-0.1, -0.05) is 37.1 Å². The second-order valence-corrected chi connectivity index (χ2v) is 6.68. The Morgan fingerprint density at radius 2 is 1.73 bits per heavy atom. The van der Waals surface area contributed by atoms with Crippen molar-refractivity contribution in [1.29, 1.82) is 0 Å². The van der Waals surface area contributed by atoms with Crippen LogP contribution < -0.4 is 0 Å². The molecule has 0 unspecified atom stereocenters. The number of nitrogens with zero attached hydrogens (tertiary/aromatic N) is 2. The molecule has 1 N–H and O–H groups in total. The van der Waals surface area contributed by atoms with Crippen molar-refractivity contribution in [2.45, 2.75) is 38.8 Å². The number of amides is 1. The highest BCUT2D eigenvalue weighted by molar-refractivity contribution is 5.79. The molecule has 0 spiro atoms. The van der Waals surface area contributed by atoms with Crippen LogP contribution in [0.4, 0.5) is 0 Å². The topological polar surface area (TPSA) is 43.8 Å². The number of aliphatic hydroxyl groups excluding tert-OH is 1. The lowest BCUT2D eigenvalue weighted by Gasteiger charge is -2.35. The first-order valence-corrected chi connectivity index (χ1v) is 8.43. The van der Waals surface area contributed by atoms with Crippen molar-refractivity contribution in [2.75, 3.05) is 26.2 Å². The molecule has 22 heavy (non-hydrogen) atoms. The second-order valence-electron chi connectivity index (χ2n) is 6.68. The number of piperazine rings is 1. The molecule has 1 heterocycles. The number of carbonyl (C=O) groups is 1. The first-order chi connectivity index (χ1) is 10.7. The van der Waals surface area contributed by atoms with Gasteiger partial charge in [-0.3, -0.25) is 9.69 Å². The van der Waals surface area contributed by atoms with Crippen LogP contribution in [0.15, 0.2) is 24.3 Å². The van der Waals surface area contributed by atoms with Gasteiger partial charge in [-0.25, -0.2) is 0 Å². The monoisotopic (exact) mass is 302 g/mol. The standard InChI is InChI=1S/C18H26N2O2/c21-14-17-7-5-16(6-8-17)11-19-9-10-20(18(22)13-19)12-15-3-1-2-4-15/h5-8,15,21H,1-4,9-14H2. The molecular weight excluding hydrogens is 276 g/mol. The predicted octanol–water partition coefficient (Wildman–Crippen LogP) is 2.01. The summed E-state index contributed by atoms with van der Waals surface area (Å²) < 4.78 is 0. The van der Waals surface area contributed by atoms with Gasteiger partial charge in [0.2, 0.25) is 5.91 Å². The summed E-state index contributed by atoms with van der Waals surface area (Å²) in [6.45, 7) is 4.23. The van der Waals surface area contributed by atoms with E-state index >= 15 is 0 Å². The van der Waals surface area contributed by atoms with Crippen molar-refractivity contribution in [3.05, 3.63) is 35.4 Å². The molecule has 2 fully saturated rings. The van der Waals surface area contributed by atoms with Crippen molar-refractivity contribution < 1.29 is 9.90 Å². The quantitative estimate of drug-likeness (QED) is 0.905. The van der Waals surface area contributed by atoms with Crippen molar-refractivity contribution >= 4 is 5.91 Å². The molecule has 3 rings (SSSR count). The normalized spacial score (nSPS) is 20.8. The van der Waals surface area contributed by atoms with E-state index in [9.17, 15) is 4.79 Å². The van der Waals surface area contributed by atoms with Gasteiger partial charge in [0.05, 0.1) is 13.2 Å². The molecule has 1 aromatic rings. The Balaban J connectivity index is 1.49. The minimum absolute atomic E-state index is 0.0820. The summed E-state index contributed by atoms with van der Waals surface area (Å²) in [5.41, 5.74) is 2.13. The van der Waals surface area contributed by atoms with Gasteiger partial charge in [-0.05, 0) is 29.9 Å².